The molecular weight excluding hydrogens is 279 g/mol. The first-order valence-corrected chi connectivity index (χ1v) is 6.78. The molecule has 0 spiro atoms. The molecule has 0 aromatic heterocycles. The van der Waals surface area contributed by atoms with E-state index in [0.29, 0.717) is 10.0 Å². The second-order valence-electron chi connectivity index (χ2n) is 3.14. The minimum absolute atomic E-state index is 0.130. The van der Waals surface area contributed by atoms with Crippen LogP contribution in [0.2, 0.25) is 0 Å². The van der Waals surface area contributed by atoms with Crippen LogP contribution in [-0.2, 0) is 0 Å². The summed E-state index contributed by atoms with van der Waals surface area (Å²) in [6, 6.07) is 5.12. The maximum atomic E-state index is 13.7. The minimum atomic E-state index is -0.235. The quantitative estimate of drug-likeness (QED) is 0.647. The molecule has 0 fully saturated rings. The van der Waals surface area contributed by atoms with Gasteiger partial charge in [-0.1, -0.05) is 12.1 Å². The van der Waals surface area contributed by atoms with Crippen LogP contribution < -0.4 is 11.3 Å². The summed E-state index contributed by atoms with van der Waals surface area (Å²) in [5.74, 6) is 6.13. The lowest BCUT2D eigenvalue weighted by molar-refractivity contribution is 0.502. The van der Waals surface area contributed by atoms with E-state index in [9.17, 15) is 4.39 Å². The lowest BCUT2D eigenvalue weighted by Crippen LogP contribution is -2.29. The molecule has 1 aromatic carbocycles. The highest BCUT2D eigenvalue weighted by atomic mass is 79.9. The van der Waals surface area contributed by atoms with Gasteiger partial charge in [0.05, 0.1) is 4.47 Å². The maximum absolute atomic E-state index is 13.7. The van der Waals surface area contributed by atoms with E-state index in [2.05, 4.69) is 21.4 Å². The molecule has 0 aliphatic heterocycles. The predicted molar refractivity (Wildman–Crippen MR) is 67.2 cm³/mol. The van der Waals surface area contributed by atoms with Crippen molar-refractivity contribution in [3.8, 4) is 0 Å². The van der Waals surface area contributed by atoms with E-state index in [1.165, 1.54) is 0 Å². The lowest BCUT2D eigenvalue weighted by atomic mass is 10.0. The Bertz CT molecular complexity index is 322. The number of hydrogen-bond acceptors (Lipinski definition) is 3. The van der Waals surface area contributed by atoms with Crippen LogP contribution in [0.1, 0.15) is 18.0 Å². The molecule has 84 valence electrons. The van der Waals surface area contributed by atoms with Crippen LogP contribution in [0.15, 0.2) is 22.7 Å². The van der Waals surface area contributed by atoms with Crippen molar-refractivity contribution in [1.82, 2.24) is 5.43 Å². The topological polar surface area (TPSA) is 38.0 Å². The van der Waals surface area contributed by atoms with Gasteiger partial charge in [0.1, 0.15) is 5.82 Å². The molecule has 1 rings (SSSR count). The van der Waals surface area contributed by atoms with Gasteiger partial charge in [0.2, 0.25) is 0 Å². The van der Waals surface area contributed by atoms with Gasteiger partial charge in [-0.05, 0) is 40.4 Å². The third-order valence-electron chi connectivity index (χ3n) is 2.17. The highest BCUT2D eigenvalue weighted by Gasteiger charge is 2.15. The van der Waals surface area contributed by atoms with E-state index in [-0.39, 0.29) is 11.9 Å². The second kappa shape index (κ2) is 6.48. The summed E-state index contributed by atoms with van der Waals surface area (Å²) in [7, 11) is 0. The van der Waals surface area contributed by atoms with Crippen LogP contribution in [-0.4, -0.2) is 12.0 Å². The van der Waals surface area contributed by atoms with Gasteiger partial charge < -0.3 is 0 Å². The molecule has 2 nitrogen and oxygen atoms in total. The number of hydrogen-bond donors (Lipinski definition) is 2. The normalized spacial score (nSPS) is 12.8. The molecule has 0 saturated heterocycles. The van der Waals surface area contributed by atoms with E-state index in [1.54, 1.807) is 23.9 Å². The van der Waals surface area contributed by atoms with Crippen LogP contribution in [0.5, 0.6) is 0 Å². The zero-order chi connectivity index (χ0) is 11.3. The highest BCUT2D eigenvalue weighted by Crippen LogP contribution is 2.25. The minimum Gasteiger partial charge on any atom is -0.271 e. The number of hydrazine groups is 1. The molecule has 5 heteroatoms. The Kier molecular flexibility index (Phi) is 5.60. The molecular formula is C10H14BrFN2S. The highest BCUT2D eigenvalue weighted by molar-refractivity contribution is 9.10. The molecule has 1 atom stereocenters. The molecule has 0 aliphatic carbocycles. The summed E-state index contributed by atoms with van der Waals surface area (Å²) < 4.78 is 14.2. The summed E-state index contributed by atoms with van der Waals surface area (Å²) in [4.78, 5) is 0. The van der Waals surface area contributed by atoms with Gasteiger partial charge in [-0.2, -0.15) is 11.8 Å². The van der Waals surface area contributed by atoms with Gasteiger partial charge in [0.25, 0.3) is 0 Å². The summed E-state index contributed by atoms with van der Waals surface area (Å²) >= 11 is 4.88. The fourth-order valence-corrected chi connectivity index (χ4v) is 2.21. The van der Waals surface area contributed by atoms with E-state index >= 15 is 0 Å². The van der Waals surface area contributed by atoms with Crippen LogP contribution in [0.3, 0.4) is 0 Å². The average Bonchev–Trinajstić information content (AvgIpc) is 2.25. The average molecular weight is 293 g/mol. The molecule has 0 aliphatic rings. The molecule has 15 heavy (non-hydrogen) atoms. The van der Waals surface area contributed by atoms with Crippen molar-refractivity contribution in [2.24, 2.45) is 5.84 Å². The Morgan fingerprint density at radius 1 is 1.60 bits per heavy atom. The van der Waals surface area contributed by atoms with Crippen molar-refractivity contribution in [2.45, 2.75) is 12.5 Å². The Balaban J connectivity index is 2.86. The molecule has 3 N–H and O–H groups in total. The van der Waals surface area contributed by atoms with Gasteiger partial charge in [-0.25, -0.2) is 4.39 Å². The first-order valence-electron chi connectivity index (χ1n) is 4.59. The van der Waals surface area contributed by atoms with Crippen LogP contribution in [0.25, 0.3) is 0 Å². The van der Waals surface area contributed by atoms with E-state index in [0.717, 1.165) is 12.2 Å². The van der Waals surface area contributed by atoms with Crippen molar-refractivity contribution in [2.75, 3.05) is 12.0 Å². The largest absolute Gasteiger partial charge is 0.271 e. The molecule has 1 unspecified atom stereocenters. The van der Waals surface area contributed by atoms with E-state index < -0.39 is 0 Å². The van der Waals surface area contributed by atoms with Crippen LogP contribution in [0, 0.1) is 5.82 Å². The zero-order valence-corrected chi connectivity index (χ0v) is 10.9. The zero-order valence-electron chi connectivity index (χ0n) is 8.47. The number of nitrogens with two attached hydrogens (primary N) is 1. The fraction of sp³-hybridized carbons (Fsp3) is 0.400. The van der Waals surface area contributed by atoms with Crippen molar-refractivity contribution >= 4 is 27.7 Å². The van der Waals surface area contributed by atoms with Gasteiger partial charge in [-0.15, -0.1) is 0 Å². The molecule has 0 radical (unpaired) electrons. The van der Waals surface area contributed by atoms with Crippen molar-refractivity contribution in [3.63, 3.8) is 0 Å². The fourth-order valence-electron chi connectivity index (χ4n) is 1.35. The molecule has 1 aromatic rings. The second-order valence-corrected chi connectivity index (χ2v) is 4.98. The smallest absolute Gasteiger partial charge is 0.142 e. The Morgan fingerprint density at radius 3 is 2.93 bits per heavy atom. The first kappa shape index (κ1) is 13.0. The standard InChI is InChI=1S/C10H14BrFN2S/c1-15-6-5-9(14-13)7-3-2-4-8(11)10(7)12/h2-4,9,14H,5-6,13H2,1H3. The van der Waals surface area contributed by atoms with Gasteiger partial charge >= 0.3 is 0 Å². The number of benzene rings is 1. The summed E-state index contributed by atoms with van der Waals surface area (Å²) in [5, 5.41) is 0. The van der Waals surface area contributed by atoms with Crippen molar-refractivity contribution < 1.29 is 4.39 Å². The SMILES string of the molecule is CSCCC(NN)c1cccc(Br)c1F. The Hall–Kier alpha value is -0.100. The molecule has 0 bridgehead atoms. The Labute approximate surface area is 102 Å². The predicted octanol–water partition coefficient (Wildman–Crippen LogP) is 2.85. The summed E-state index contributed by atoms with van der Waals surface area (Å²) in [6.07, 6.45) is 2.83. The van der Waals surface area contributed by atoms with E-state index in [4.69, 9.17) is 5.84 Å². The lowest BCUT2D eigenvalue weighted by Gasteiger charge is -2.16. The van der Waals surface area contributed by atoms with Gasteiger partial charge in [0, 0.05) is 11.6 Å². The molecule has 0 amide bonds. The van der Waals surface area contributed by atoms with E-state index in [1.807, 2.05) is 12.3 Å². The number of thioether (sulfide) groups is 1. The summed E-state index contributed by atoms with van der Waals surface area (Å²) in [5.41, 5.74) is 3.26. The van der Waals surface area contributed by atoms with Gasteiger partial charge in [0.15, 0.2) is 0 Å². The third-order valence-corrected chi connectivity index (χ3v) is 3.43. The van der Waals surface area contributed by atoms with Gasteiger partial charge in [-0.3, -0.25) is 11.3 Å². The third kappa shape index (κ3) is 3.45. The van der Waals surface area contributed by atoms with Crippen molar-refractivity contribution in [3.05, 3.63) is 34.1 Å². The monoisotopic (exact) mass is 292 g/mol. The molecule has 0 saturated carbocycles. The summed E-state index contributed by atoms with van der Waals surface area (Å²) in [6.45, 7) is 0. The van der Waals surface area contributed by atoms with Crippen LogP contribution in [0.4, 0.5) is 4.39 Å². The Morgan fingerprint density at radius 2 is 2.33 bits per heavy atom. The van der Waals surface area contributed by atoms with Crippen LogP contribution >= 0.6 is 27.7 Å². The number of rotatable bonds is 5. The first-order chi connectivity index (χ1) is 7.20. The maximum Gasteiger partial charge on any atom is 0.142 e. The molecule has 0 heterocycles. The number of nitrogens with one attached hydrogen (secondary N) is 1. The van der Waals surface area contributed by atoms with Crippen molar-refractivity contribution in [1.29, 1.82) is 0 Å². The number of halogens is 2.